The second kappa shape index (κ2) is 7.07. The molecule has 0 atom stereocenters. The maximum Gasteiger partial charge on any atom is 0.297 e. The van der Waals surface area contributed by atoms with Crippen LogP contribution in [0.1, 0.15) is 10.4 Å². The van der Waals surface area contributed by atoms with E-state index in [9.17, 15) is 17.6 Å². The Hall–Kier alpha value is -3.03. The summed E-state index contributed by atoms with van der Waals surface area (Å²) < 4.78 is 44.8. The minimum atomic E-state index is -4.72. The number of halogens is 1. The Labute approximate surface area is 149 Å². The van der Waals surface area contributed by atoms with E-state index in [1.165, 1.54) is 6.07 Å². The number of benzene rings is 3. The molecule has 0 fully saturated rings. The Balaban J connectivity index is 1.81. The van der Waals surface area contributed by atoms with Gasteiger partial charge in [-0.15, -0.1) is 0 Å². The first-order chi connectivity index (χ1) is 12.3. The predicted molar refractivity (Wildman–Crippen MR) is 96.0 cm³/mol. The summed E-state index contributed by atoms with van der Waals surface area (Å²) in [6.45, 7) is 0. The van der Waals surface area contributed by atoms with Crippen molar-refractivity contribution in [2.75, 3.05) is 5.32 Å². The van der Waals surface area contributed by atoms with E-state index >= 15 is 0 Å². The second-order valence-electron chi connectivity index (χ2n) is 5.52. The summed E-state index contributed by atoms with van der Waals surface area (Å²) in [5.41, 5.74) is 2.35. The van der Waals surface area contributed by atoms with Crippen LogP contribution in [0.5, 0.6) is 0 Å². The summed E-state index contributed by atoms with van der Waals surface area (Å²) in [4.78, 5) is 11.4. The maximum atomic E-state index is 13.5. The summed E-state index contributed by atoms with van der Waals surface area (Å²) in [6.07, 6.45) is 0. The van der Waals surface area contributed by atoms with Crippen molar-refractivity contribution in [3.8, 4) is 11.1 Å². The van der Waals surface area contributed by atoms with Crippen LogP contribution in [0, 0.1) is 5.82 Å². The largest absolute Gasteiger partial charge is 0.322 e. The van der Waals surface area contributed by atoms with Crippen molar-refractivity contribution in [1.29, 1.82) is 0 Å². The first kappa shape index (κ1) is 17.8. The van der Waals surface area contributed by atoms with Crippen molar-refractivity contribution in [3.63, 3.8) is 0 Å². The van der Waals surface area contributed by atoms with Crippen molar-refractivity contribution in [3.05, 3.63) is 84.2 Å². The summed E-state index contributed by atoms with van der Waals surface area (Å²) in [6, 6.07) is 19.4. The van der Waals surface area contributed by atoms with Crippen LogP contribution in [0.2, 0.25) is 0 Å². The molecule has 3 aromatic carbocycles. The normalized spacial score (nSPS) is 11.2. The van der Waals surface area contributed by atoms with E-state index in [0.717, 1.165) is 23.3 Å². The van der Waals surface area contributed by atoms with Gasteiger partial charge in [0.25, 0.3) is 16.0 Å². The molecule has 0 aliphatic rings. The highest BCUT2D eigenvalue weighted by Crippen LogP contribution is 2.22. The number of anilines is 1. The number of hydrogen-bond donors (Lipinski definition) is 2. The third kappa shape index (κ3) is 3.96. The molecule has 0 saturated carbocycles. The van der Waals surface area contributed by atoms with E-state index in [0.29, 0.717) is 5.56 Å². The van der Waals surface area contributed by atoms with Crippen molar-refractivity contribution in [2.24, 2.45) is 0 Å². The highest BCUT2D eigenvalue weighted by molar-refractivity contribution is 7.85. The molecule has 3 aromatic rings. The molecule has 0 aromatic heterocycles. The second-order valence-corrected chi connectivity index (χ2v) is 6.91. The zero-order valence-corrected chi connectivity index (χ0v) is 14.2. The van der Waals surface area contributed by atoms with Crippen molar-refractivity contribution < 1.29 is 22.2 Å². The fraction of sp³-hybridized carbons (Fsp3) is 0. The number of amides is 1. The lowest BCUT2D eigenvalue weighted by molar-refractivity contribution is 0.102. The van der Waals surface area contributed by atoms with E-state index in [2.05, 4.69) is 5.32 Å². The van der Waals surface area contributed by atoms with Crippen LogP contribution < -0.4 is 5.32 Å². The van der Waals surface area contributed by atoms with Crippen LogP contribution in [0.25, 0.3) is 11.1 Å². The Morgan fingerprint density at radius 3 is 2.12 bits per heavy atom. The Morgan fingerprint density at radius 2 is 1.50 bits per heavy atom. The third-order valence-corrected chi connectivity index (χ3v) is 4.59. The molecular formula is C19H14FNO4S. The molecule has 0 radical (unpaired) electrons. The van der Waals surface area contributed by atoms with E-state index in [-0.39, 0.29) is 5.69 Å². The molecule has 0 spiro atoms. The van der Waals surface area contributed by atoms with Gasteiger partial charge >= 0.3 is 0 Å². The van der Waals surface area contributed by atoms with Gasteiger partial charge in [0.15, 0.2) is 0 Å². The zero-order valence-electron chi connectivity index (χ0n) is 13.4. The van der Waals surface area contributed by atoms with Crippen LogP contribution >= 0.6 is 0 Å². The molecule has 0 unspecified atom stereocenters. The third-order valence-electron chi connectivity index (χ3n) is 3.72. The molecule has 0 aliphatic heterocycles. The van der Waals surface area contributed by atoms with Crippen LogP contribution in [0.4, 0.5) is 10.1 Å². The van der Waals surface area contributed by atoms with Crippen LogP contribution in [0.3, 0.4) is 0 Å². The smallest absolute Gasteiger partial charge is 0.297 e. The Bertz CT molecular complexity index is 1050. The van der Waals surface area contributed by atoms with Crippen molar-refractivity contribution in [2.45, 2.75) is 4.90 Å². The number of nitrogens with one attached hydrogen (secondary N) is 1. The lowest BCUT2D eigenvalue weighted by atomic mass is 10.0. The van der Waals surface area contributed by atoms with E-state index in [4.69, 9.17) is 4.55 Å². The first-order valence-electron chi connectivity index (χ1n) is 7.58. The van der Waals surface area contributed by atoms with Gasteiger partial charge in [-0.25, -0.2) is 4.39 Å². The lowest BCUT2D eigenvalue weighted by Gasteiger charge is -2.08. The highest BCUT2D eigenvalue weighted by Gasteiger charge is 2.17. The molecule has 0 bridgehead atoms. The lowest BCUT2D eigenvalue weighted by Crippen LogP contribution is -2.12. The van der Waals surface area contributed by atoms with Crippen molar-refractivity contribution >= 4 is 21.7 Å². The van der Waals surface area contributed by atoms with E-state index in [1.807, 2.05) is 30.3 Å². The summed E-state index contributed by atoms with van der Waals surface area (Å²) >= 11 is 0. The average Bonchev–Trinajstić information content (AvgIpc) is 2.63. The van der Waals surface area contributed by atoms with Crippen LogP contribution in [-0.4, -0.2) is 18.9 Å². The highest BCUT2D eigenvalue weighted by atomic mass is 32.2. The SMILES string of the molecule is O=C(Nc1ccc(F)c(S(=O)(=O)O)c1)c1ccc(-c2ccccc2)cc1. The number of hydrogen-bond acceptors (Lipinski definition) is 3. The predicted octanol–water partition coefficient (Wildman–Crippen LogP) is 3.99. The zero-order chi connectivity index (χ0) is 18.7. The monoisotopic (exact) mass is 371 g/mol. The van der Waals surface area contributed by atoms with Gasteiger partial charge < -0.3 is 5.32 Å². The van der Waals surface area contributed by atoms with Crippen LogP contribution in [-0.2, 0) is 10.1 Å². The summed E-state index contributed by atoms with van der Waals surface area (Å²) in [5.74, 6) is -1.59. The fourth-order valence-corrected chi connectivity index (χ4v) is 3.02. The van der Waals surface area contributed by atoms with E-state index < -0.39 is 26.7 Å². The topological polar surface area (TPSA) is 83.5 Å². The molecule has 7 heteroatoms. The minimum absolute atomic E-state index is 0.0520. The molecule has 0 heterocycles. The molecule has 1 amide bonds. The van der Waals surface area contributed by atoms with Gasteiger partial charge in [0.1, 0.15) is 10.7 Å². The fourth-order valence-electron chi connectivity index (χ4n) is 2.43. The minimum Gasteiger partial charge on any atom is -0.322 e. The molecule has 5 nitrogen and oxygen atoms in total. The average molecular weight is 371 g/mol. The van der Waals surface area contributed by atoms with Gasteiger partial charge in [-0.2, -0.15) is 8.42 Å². The Morgan fingerprint density at radius 1 is 0.885 bits per heavy atom. The van der Waals surface area contributed by atoms with Gasteiger partial charge in [-0.05, 0) is 41.5 Å². The molecular weight excluding hydrogens is 357 g/mol. The van der Waals surface area contributed by atoms with E-state index in [1.54, 1.807) is 24.3 Å². The van der Waals surface area contributed by atoms with Crippen LogP contribution in [0.15, 0.2) is 77.7 Å². The number of carbonyl (C=O) groups is 1. The van der Waals surface area contributed by atoms with Gasteiger partial charge in [0.2, 0.25) is 0 Å². The van der Waals surface area contributed by atoms with Gasteiger partial charge in [-0.1, -0.05) is 42.5 Å². The summed E-state index contributed by atoms with van der Waals surface area (Å²) in [7, 11) is -4.72. The van der Waals surface area contributed by atoms with Crippen molar-refractivity contribution in [1.82, 2.24) is 0 Å². The molecule has 0 aliphatic carbocycles. The maximum absolute atomic E-state index is 13.5. The quantitative estimate of drug-likeness (QED) is 0.679. The summed E-state index contributed by atoms with van der Waals surface area (Å²) in [5, 5.41) is 2.48. The number of rotatable bonds is 4. The Kier molecular flexibility index (Phi) is 4.83. The standard InChI is InChI=1S/C19H14FNO4S/c20-17-11-10-16(12-18(17)26(23,24)25)21-19(22)15-8-6-14(7-9-15)13-4-2-1-3-5-13/h1-12H,(H,21,22)(H,23,24,25). The molecule has 0 saturated heterocycles. The number of carbonyl (C=O) groups excluding carboxylic acids is 1. The van der Waals surface area contributed by atoms with Gasteiger partial charge in [0, 0.05) is 11.3 Å². The molecule has 26 heavy (non-hydrogen) atoms. The molecule has 3 rings (SSSR count). The molecule has 132 valence electrons. The first-order valence-corrected chi connectivity index (χ1v) is 9.02. The van der Waals surface area contributed by atoms with Gasteiger partial charge in [-0.3, -0.25) is 9.35 Å². The van der Waals surface area contributed by atoms with Gasteiger partial charge in [0.05, 0.1) is 0 Å². The molecule has 2 N–H and O–H groups in total.